The molecule has 23 heavy (non-hydrogen) atoms. The van der Waals surface area contributed by atoms with Gasteiger partial charge in [-0.3, -0.25) is 9.78 Å². The van der Waals surface area contributed by atoms with Gasteiger partial charge >= 0.3 is 0 Å². The summed E-state index contributed by atoms with van der Waals surface area (Å²) in [6.45, 7) is 2.11. The van der Waals surface area contributed by atoms with E-state index in [0.29, 0.717) is 11.6 Å². The average molecular weight is 353 g/mol. The molecule has 1 N–H and O–H groups in total. The third kappa shape index (κ3) is 4.20. The molecule has 2 aromatic rings. The van der Waals surface area contributed by atoms with E-state index < -0.39 is 0 Å². The molecule has 0 spiro atoms. The second-order valence-corrected chi connectivity index (χ2v) is 6.45. The number of nitrogens with one attached hydrogen (secondary N) is 1. The Balaban J connectivity index is 0.00000192. The van der Waals surface area contributed by atoms with Crippen molar-refractivity contribution in [2.24, 2.45) is 5.10 Å². The molecule has 0 aromatic carbocycles. The Kier molecular flexibility index (Phi) is 6.36. The monoisotopic (exact) mass is 352 g/mol. The van der Waals surface area contributed by atoms with Crippen LogP contribution in [0.4, 0.5) is 0 Å². The summed E-state index contributed by atoms with van der Waals surface area (Å²) in [6.07, 6.45) is 9.47. The zero-order valence-electron chi connectivity index (χ0n) is 13.1. The lowest BCUT2D eigenvalue weighted by Crippen LogP contribution is -2.28. The maximum Gasteiger partial charge on any atom is 0.271 e. The zero-order chi connectivity index (χ0) is 15.4. The second-order valence-electron chi connectivity index (χ2n) is 5.61. The highest BCUT2D eigenvalue weighted by Crippen LogP contribution is 2.28. The molecular formula is C16H21ClN4OS. The van der Waals surface area contributed by atoms with Crippen LogP contribution in [0.5, 0.6) is 0 Å². The van der Waals surface area contributed by atoms with Crippen LogP contribution in [-0.2, 0) is 0 Å². The molecule has 1 aliphatic carbocycles. The topological polar surface area (TPSA) is 59.3 Å². The van der Waals surface area contributed by atoms with Gasteiger partial charge in [-0.05, 0) is 31.9 Å². The van der Waals surface area contributed by atoms with Crippen molar-refractivity contribution in [3.8, 4) is 0 Å². The van der Waals surface area contributed by atoms with E-state index in [1.54, 1.807) is 35.9 Å². The lowest BCUT2D eigenvalue weighted by atomic mass is 9.95. The van der Waals surface area contributed by atoms with Gasteiger partial charge in [0.2, 0.25) is 4.80 Å². The Morgan fingerprint density at radius 3 is 2.70 bits per heavy atom. The van der Waals surface area contributed by atoms with Gasteiger partial charge in [0.25, 0.3) is 5.91 Å². The quantitative estimate of drug-likeness (QED) is 0.860. The lowest BCUT2D eigenvalue weighted by Gasteiger charge is -2.24. The van der Waals surface area contributed by atoms with E-state index in [2.05, 4.69) is 32.4 Å². The third-order valence-corrected chi connectivity index (χ3v) is 5.01. The summed E-state index contributed by atoms with van der Waals surface area (Å²) in [5.74, 6) is -0.205. The highest BCUT2D eigenvalue weighted by molar-refractivity contribution is 7.07. The highest BCUT2D eigenvalue weighted by atomic mass is 35.5. The smallest absolute Gasteiger partial charge is 0.271 e. The molecule has 1 fully saturated rings. The van der Waals surface area contributed by atoms with Crippen LogP contribution in [0, 0.1) is 6.92 Å². The molecule has 2 aromatic heterocycles. The molecule has 2 heterocycles. The van der Waals surface area contributed by atoms with Crippen molar-refractivity contribution < 1.29 is 4.79 Å². The number of pyridine rings is 1. The number of nitrogens with zero attached hydrogens (tertiary/aromatic N) is 3. The predicted molar refractivity (Wildman–Crippen MR) is 93.7 cm³/mol. The fourth-order valence-corrected chi connectivity index (χ4v) is 3.83. The SMILES string of the molecule is Cc1cs/c(=N/NC(=O)c2ccncc2)n1C1CCCCC1.Cl. The molecule has 5 nitrogen and oxygen atoms in total. The van der Waals surface area contributed by atoms with E-state index in [1.807, 2.05) is 0 Å². The maximum absolute atomic E-state index is 12.1. The summed E-state index contributed by atoms with van der Waals surface area (Å²) in [5, 5.41) is 6.44. The van der Waals surface area contributed by atoms with Crippen molar-refractivity contribution in [2.45, 2.75) is 45.1 Å². The molecule has 0 radical (unpaired) electrons. The molecule has 124 valence electrons. The minimum absolute atomic E-state index is 0. The van der Waals surface area contributed by atoms with E-state index in [0.717, 1.165) is 4.80 Å². The van der Waals surface area contributed by atoms with Crippen LogP contribution in [0.15, 0.2) is 35.0 Å². The summed E-state index contributed by atoms with van der Waals surface area (Å²) in [6, 6.07) is 3.87. The number of hydrogen-bond donors (Lipinski definition) is 1. The number of aryl methyl sites for hydroxylation is 1. The van der Waals surface area contributed by atoms with Gasteiger partial charge in [-0.25, -0.2) is 5.43 Å². The fraction of sp³-hybridized carbons (Fsp3) is 0.438. The second kappa shape index (κ2) is 8.26. The number of thiazole rings is 1. The first-order valence-electron chi connectivity index (χ1n) is 7.66. The van der Waals surface area contributed by atoms with Crippen LogP contribution in [0.2, 0.25) is 0 Å². The number of carbonyl (C=O) groups is 1. The van der Waals surface area contributed by atoms with Crippen LogP contribution < -0.4 is 10.2 Å². The molecule has 0 unspecified atom stereocenters. The average Bonchev–Trinajstić information content (AvgIpc) is 2.95. The van der Waals surface area contributed by atoms with Crippen LogP contribution in [0.1, 0.15) is 54.2 Å². The number of hydrogen-bond acceptors (Lipinski definition) is 4. The standard InChI is InChI=1S/C16H20N4OS.ClH/c1-12-11-22-16(20(12)14-5-3-2-4-6-14)19-18-15(21)13-7-9-17-10-8-13;/h7-11,14H,2-6H2,1H3,(H,18,21);1H/b19-16+;. The molecule has 0 aliphatic heterocycles. The molecule has 1 saturated carbocycles. The minimum atomic E-state index is -0.205. The molecule has 3 rings (SSSR count). The van der Waals surface area contributed by atoms with Crippen LogP contribution >= 0.6 is 23.7 Å². The van der Waals surface area contributed by atoms with Gasteiger partial charge in [-0.1, -0.05) is 19.3 Å². The molecule has 0 saturated heterocycles. The van der Waals surface area contributed by atoms with E-state index in [-0.39, 0.29) is 18.3 Å². The van der Waals surface area contributed by atoms with E-state index in [4.69, 9.17) is 0 Å². The van der Waals surface area contributed by atoms with Crippen LogP contribution in [-0.4, -0.2) is 15.5 Å². The van der Waals surface area contributed by atoms with Crippen molar-refractivity contribution in [1.29, 1.82) is 0 Å². The van der Waals surface area contributed by atoms with Crippen molar-refractivity contribution in [3.63, 3.8) is 0 Å². The first-order chi connectivity index (χ1) is 10.8. The lowest BCUT2D eigenvalue weighted by molar-refractivity contribution is 0.0952. The minimum Gasteiger partial charge on any atom is -0.317 e. The Morgan fingerprint density at radius 1 is 1.30 bits per heavy atom. The first kappa shape index (κ1) is 17.7. The number of halogens is 1. The zero-order valence-corrected chi connectivity index (χ0v) is 14.7. The summed E-state index contributed by atoms with van der Waals surface area (Å²) in [5.41, 5.74) is 4.44. The van der Waals surface area contributed by atoms with Crippen molar-refractivity contribution in [3.05, 3.63) is 46.0 Å². The highest BCUT2D eigenvalue weighted by Gasteiger charge is 2.18. The predicted octanol–water partition coefficient (Wildman–Crippen LogP) is 3.43. The summed E-state index contributed by atoms with van der Waals surface area (Å²) in [4.78, 5) is 16.9. The third-order valence-electron chi connectivity index (χ3n) is 4.06. The molecule has 7 heteroatoms. The fourth-order valence-electron chi connectivity index (χ4n) is 2.93. The number of rotatable bonds is 3. The van der Waals surface area contributed by atoms with E-state index >= 15 is 0 Å². The van der Waals surface area contributed by atoms with Crippen molar-refractivity contribution in [1.82, 2.24) is 15.0 Å². The van der Waals surface area contributed by atoms with Gasteiger partial charge in [0, 0.05) is 35.1 Å². The summed E-state index contributed by atoms with van der Waals surface area (Å²) in [7, 11) is 0. The summed E-state index contributed by atoms with van der Waals surface area (Å²) >= 11 is 1.58. The van der Waals surface area contributed by atoms with E-state index in [1.165, 1.54) is 37.8 Å². The molecule has 0 atom stereocenters. The number of aromatic nitrogens is 2. The molecule has 1 aliphatic rings. The van der Waals surface area contributed by atoms with Gasteiger partial charge in [0.15, 0.2) is 0 Å². The Labute approximate surface area is 145 Å². The normalized spacial score (nSPS) is 16.0. The van der Waals surface area contributed by atoms with E-state index in [9.17, 15) is 4.79 Å². The summed E-state index contributed by atoms with van der Waals surface area (Å²) < 4.78 is 2.27. The Morgan fingerprint density at radius 2 is 2.00 bits per heavy atom. The van der Waals surface area contributed by atoms with Gasteiger partial charge in [-0.15, -0.1) is 28.8 Å². The van der Waals surface area contributed by atoms with Crippen LogP contribution in [0.3, 0.4) is 0 Å². The van der Waals surface area contributed by atoms with Gasteiger partial charge in [0.1, 0.15) is 0 Å². The molecule has 0 bridgehead atoms. The Hall–Kier alpha value is -1.66. The molecule has 1 amide bonds. The van der Waals surface area contributed by atoms with Gasteiger partial charge < -0.3 is 4.57 Å². The van der Waals surface area contributed by atoms with Gasteiger partial charge in [-0.2, -0.15) is 0 Å². The van der Waals surface area contributed by atoms with Crippen LogP contribution in [0.25, 0.3) is 0 Å². The number of amides is 1. The van der Waals surface area contributed by atoms with Gasteiger partial charge in [0.05, 0.1) is 0 Å². The largest absolute Gasteiger partial charge is 0.317 e. The maximum atomic E-state index is 12.1. The first-order valence-corrected chi connectivity index (χ1v) is 8.54. The Bertz CT molecular complexity index is 704. The number of carbonyl (C=O) groups excluding carboxylic acids is 1. The van der Waals surface area contributed by atoms with Crippen molar-refractivity contribution in [2.75, 3.05) is 0 Å². The molecular weight excluding hydrogens is 332 g/mol. The van der Waals surface area contributed by atoms with Crippen molar-refractivity contribution >= 4 is 29.7 Å².